The largest absolute Gasteiger partial charge is 0.480 e. The molecule has 1 amide bonds. The monoisotopic (exact) mass is 471 g/mol. The van der Waals surface area contributed by atoms with Gasteiger partial charge < -0.3 is 15.2 Å². The molecular formula is C22H18BrNO4S. The number of rotatable bonds is 6. The van der Waals surface area contributed by atoms with Gasteiger partial charge in [-0.3, -0.25) is 0 Å². The van der Waals surface area contributed by atoms with Gasteiger partial charge in [-0.25, -0.2) is 9.59 Å². The van der Waals surface area contributed by atoms with Gasteiger partial charge in [0.1, 0.15) is 12.6 Å². The predicted molar refractivity (Wildman–Crippen MR) is 115 cm³/mol. The summed E-state index contributed by atoms with van der Waals surface area (Å²) >= 11 is 4.79. The zero-order valence-electron chi connectivity index (χ0n) is 15.3. The third-order valence-corrected chi connectivity index (χ3v) is 6.68. The Morgan fingerprint density at radius 3 is 2.28 bits per heavy atom. The molecule has 1 aliphatic rings. The summed E-state index contributed by atoms with van der Waals surface area (Å²) in [6.45, 7) is 0.150. The molecule has 1 atom stereocenters. The summed E-state index contributed by atoms with van der Waals surface area (Å²) in [5, 5.41) is 13.8. The number of amides is 1. The second-order valence-corrected chi connectivity index (χ2v) is 8.71. The molecule has 0 saturated heterocycles. The van der Waals surface area contributed by atoms with Crippen LogP contribution in [0.3, 0.4) is 0 Å². The molecule has 29 heavy (non-hydrogen) atoms. The summed E-state index contributed by atoms with van der Waals surface area (Å²) in [6, 6.07) is 16.9. The summed E-state index contributed by atoms with van der Waals surface area (Å²) in [4.78, 5) is 24.8. The van der Waals surface area contributed by atoms with Crippen molar-refractivity contribution in [2.24, 2.45) is 0 Å². The number of hydrogen-bond acceptors (Lipinski definition) is 4. The van der Waals surface area contributed by atoms with Gasteiger partial charge in [-0.2, -0.15) is 0 Å². The highest BCUT2D eigenvalue weighted by Crippen LogP contribution is 2.44. The lowest BCUT2D eigenvalue weighted by atomic mass is 9.98. The number of carboxylic acid groups (broad SMARTS) is 1. The number of ether oxygens (including phenoxy) is 1. The predicted octanol–water partition coefficient (Wildman–Crippen LogP) is 5.05. The molecular weight excluding hydrogens is 454 g/mol. The smallest absolute Gasteiger partial charge is 0.407 e. The van der Waals surface area contributed by atoms with Gasteiger partial charge in [-0.15, -0.1) is 11.3 Å². The lowest BCUT2D eigenvalue weighted by molar-refractivity contribution is -0.139. The van der Waals surface area contributed by atoms with E-state index in [4.69, 9.17) is 4.74 Å². The van der Waals surface area contributed by atoms with Crippen LogP contribution in [-0.2, 0) is 16.0 Å². The molecule has 1 unspecified atom stereocenters. The maximum atomic E-state index is 12.3. The van der Waals surface area contributed by atoms with Crippen molar-refractivity contribution in [1.82, 2.24) is 5.32 Å². The van der Waals surface area contributed by atoms with Crippen molar-refractivity contribution >= 4 is 39.3 Å². The summed E-state index contributed by atoms with van der Waals surface area (Å²) in [5.74, 6) is -1.16. The number of carbonyl (C=O) groups is 2. The minimum atomic E-state index is -1.09. The number of thiophene rings is 1. The SMILES string of the molecule is O=C(NC(Cc1cc(Br)cs1)C(=O)O)OCC1c2ccccc2-c2ccccc21. The van der Waals surface area contributed by atoms with E-state index in [0.29, 0.717) is 0 Å². The molecule has 1 aromatic heterocycles. The van der Waals surface area contributed by atoms with E-state index in [9.17, 15) is 14.7 Å². The average molecular weight is 472 g/mol. The number of carboxylic acids is 1. The van der Waals surface area contributed by atoms with E-state index in [-0.39, 0.29) is 18.9 Å². The Balaban J connectivity index is 1.43. The molecule has 0 fully saturated rings. The normalized spacial score (nSPS) is 13.4. The van der Waals surface area contributed by atoms with Crippen LogP contribution in [0.25, 0.3) is 11.1 Å². The number of halogens is 1. The van der Waals surface area contributed by atoms with E-state index >= 15 is 0 Å². The van der Waals surface area contributed by atoms with Gasteiger partial charge in [0.2, 0.25) is 0 Å². The van der Waals surface area contributed by atoms with Crippen LogP contribution in [0.2, 0.25) is 0 Å². The highest BCUT2D eigenvalue weighted by atomic mass is 79.9. The fourth-order valence-corrected chi connectivity index (χ4v) is 5.14. The molecule has 2 N–H and O–H groups in total. The third kappa shape index (κ3) is 4.21. The lowest BCUT2D eigenvalue weighted by Crippen LogP contribution is -2.42. The highest BCUT2D eigenvalue weighted by Gasteiger charge is 2.29. The van der Waals surface area contributed by atoms with E-state index in [2.05, 4.69) is 33.4 Å². The molecule has 5 nitrogen and oxygen atoms in total. The van der Waals surface area contributed by atoms with Gasteiger partial charge in [-0.05, 0) is 44.3 Å². The molecule has 3 aromatic rings. The summed E-state index contributed by atoms with van der Waals surface area (Å²) in [7, 11) is 0. The van der Waals surface area contributed by atoms with Crippen molar-refractivity contribution in [2.45, 2.75) is 18.4 Å². The fraction of sp³-hybridized carbons (Fsp3) is 0.182. The van der Waals surface area contributed by atoms with E-state index < -0.39 is 18.1 Å². The van der Waals surface area contributed by atoms with E-state index in [1.165, 1.54) is 11.3 Å². The van der Waals surface area contributed by atoms with Crippen LogP contribution in [0, 0.1) is 0 Å². The maximum Gasteiger partial charge on any atom is 0.407 e. The van der Waals surface area contributed by atoms with Crippen molar-refractivity contribution in [3.63, 3.8) is 0 Å². The first-order chi connectivity index (χ1) is 14.0. The van der Waals surface area contributed by atoms with Crippen LogP contribution < -0.4 is 5.32 Å². The number of hydrogen-bond donors (Lipinski definition) is 2. The number of benzene rings is 2. The summed E-state index contributed by atoms with van der Waals surface area (Å²) < 4.78 is 6.34. The van der Waals surface area contributed by atoms with Gasteiger partial charge in [0.05, 0.1) is 0 Å². The Kier molecular flexibility index (Phi) is 5.69. The van der Waals surface area contributed by atoms with Crippen LogP contribution in [0.4, 0.5) is 4.79 Å². The first-order valence-corrected chi connectivity index (χ1v) is 10.8. The Morgan fingerprint density at radius 1 is 1.10 bits per heavy atom. The standard InChI is InChI=1S/C22H18BrNO4S/c23-13-9-14(29-12-13)10-20(21(25)26)24-22(27)28-11-19-17-7-3-1-5-15(17)16-6-2-4-8-18(16)19/h1-9,12,19-20H,10-11H2,(H,24,27)(H,25,26). The Bertz CT molecular complexity index is 1020. The van der Waals surface area contributed by atoms with Crippen molar-refractivity contribution in [1.29, 1.82) is 0 Å². The fourth-order valence-electron chi connectivity index (χ4n) is 3.64. The maximum absolute atomic E-state index is 12.3. The minimum absolute atomic E-state index is 0.0651. The second kappa shape index (κ2) is 8.39. The van der Waals surface area contributed by atoms with Crippen LogP contribution >= 0.6 is 27.3 Å². The van der Waals surface area contributed by atoms with E-state index in [1.54, 1.807) is 0 Å². The first kappa shape index (κ1) is 19.7. The van der Waals surface area contributed by atoms with Crippen molar-refractivity contribution < 1.29 is 19.4 Å². The zero-order chi connectivity index (χ0) is 20.4. The van der Waals surface area contributed by atoms with Crippen LogP contribution in [0.1, 0.15) is 21.9 Å². The molecule has 4 rings (SSSR count). The van der Waals surface area contributed by atoms with Gasteiger partial charge >= 0.3 is 12.1 Å². The Morgan fingerprint density at radius 2 is 1.72 bits per heavy atom. The van der Waals surface area contributed by atoms with Crippen LogP contribution in [0.15, 0.2) is 64.5 Å². The van der Waals surface area contributed by atoms with E-state index in [0.717, 1.165) is 31.6 Å². The molecule has 2 aromatic carbocycles. The van der Waals surface area contributed by atoms with Gasteiger partial charge in [0, 0.05) is 27.1 Å². The number of aliphatic carboxylic acids is 1. The Labute approximate surface area is 180 Å². The third-order valence-electron chi connectivity index (χ3n) is 4.96. The molecule has 1 aliphatic carbocycles. The topological polar surface area (TPSA) is 75.6 Å². The van der Waals surface area contributed by atoms with Crippen LogP contribution in [0.5, 0.6) is 0 Å². The number of carbonyl (C=O) groups excluding carboxylic acids is 1. The number of nitrogens with one attached hydrogen (secondary N) is 1. The van der Waals surface area contributed by atoms with Gasteiger partial charge in [0.15, 0.2) is 0 Å². The molecule has 0 saturated carbocycles. The van der Waals surface area contributed by atoms with E-state index in [1.807, 2.05) is 47.8 Å². The van der Waals surface area contributed by atoms with Crippen molar-refractivity contribution in [2.75, 3.05) is 6.61 Å². The average Bonchev–Trinajstić information content (AvgIpc) is 3.27. The van der Waals surface area contributed by atoms with Crippen LogP contribution in [-0.4, -0.2) is 29.8 Å². The minimum Gasteiger partial charge on any atom is -0.480 e. The Hall–Kier alpha value is -2.64. The molecule has 0 aliphatic heterocycles. The second-order valence-electron chi connectivity index (χ2n) is 6.80. The van der Waals surface area contributed by atoms with Gasteiger partial charge in [-0.1, -0.05) is 48.5 Å². The summed E-state index contributed by atoms with van der Waals surface area (Å²) in [6.07, 6.45) is -0.523. The number of fused-ring (bicyclic) bond motifs is 3. The molecule has 0 radical (unpaired) electrons. The quantitative estimate of drug-likeness (QED) is 0.527. The zero-order valence-corrected chi connectivity index (χ0v) is 17.7. The summed E-state index contributed by atoms with van der Waals surface area (Å²) in [5.41, 5.74) is 4.51. The molecule has 0 bridgehead atoms. The van der Waals surface area contributed by atoms with Gasteiger partial charge in [0.25, 0.3) is 0 Å². The highest BCUT2D eigenvalue weighted by molar-refractivity contribution is 9.10. The number of alkyl carbamates (subject to hydrolysis) is 1. The molecule has 148 valence electrons. The molecule has 7 heteroatoms. The first-order valence-electron chi connectivity index (χ1n) is 9.10. The lowest BCUT2D eigenvalue weighted by Gasteiger charge is -2.17. The molecule has 1 heterocycles. The van der Waals surface area contributed by atoms with Crippen molar-refractivity contribution in [3.05, 3.63) is 80.5 Å². The van der Waals surface area contributed by atoms with Crippen molar-refractivity contribution in [3.8, 4) is 11.1 Å². The molecule has 0 spiro atoms.